The van der Waals surface area contributed by atoms with Crippen molar-refractivity contribution < 1.29 is 23.5 Å². The largest absolute Gasteiger partial charge is 0.493 e. The van der Waals surface area contributed by atoms with Gasteiger partial charge < -0.3 is 19.2 Å². The molecule has 1 amide bonds. The molecular weight excluding hydrogens is 274 g/mol. The highest BCUT2D eigenvalue weighted by molar-refractivity contribution is 6.17. The summed E-state index contributed by atoms with van der Waals surface area (Å²) in [7, 11) is 1.51. The molecule has 0 saturated heterocycles. The number of furan rings is 1. The van der Waals surface area contributed by atoms with Gasteiger partial charge in [0.25, 0.3) is 0 Å². The summed E-state index contributed by atoms with van der Waals surface area (Å²) in [6, 6.07) is 3.52. The summed E-state index contributed by atoms with van der Waals surface area (Å²) in [5.74, 6) is -0.512. The van der Waals surface area contributed by atoms with Gasteiger partial charge in [-0.15, -0.1) is 0 Å². The second-order valence-electron chi connectivity index (χ2n) is 4.41. The van der Waals surface area contributed by atoms with Gasteiger partial charge in [-0.05, 0) is 24.6 Å². The summed E-state index contributed by atoms with van der Waals surface area (Å²) in [6.07, 6.45) is 3.06. The highest BCUT2D eigenvalue weighted by Gasteiger charge is 2.27. The molecule has 1 N–H and O–H groups in total. The number of rotatable bonds is 3. The number of esters is 1. The van der Waals surface area contributed by atoms with E-state index in [2.05, 4.69) is 5.32 Å². The molecule has 21 heavy (non-hydrogen) atoms. The predicted octanol–water partition coefficient (Wildman–Crippen LogP) is 2.58. The van der Waals surface area contributed by atoms with Crippen LogP contribution in [0.3, 0.4) is 0 Å². The van der Waals surface area contributed by atoms with Crippen LogP contribution in [0.15, 0.2) is 22.6 Å². The van der Waals surface area contributed by atoms with Gasteiger partial charge in [-0.3, -0.25) is 4.79 Å². The van der Waals surface area contributed by atoms with E-state index in [0.29, 0.717) is 22.4 Å². The van der Waals surface area contributed by atoms with Crippen LogP contribution in [0.4, 0.5) is 5.69 Å². The molecule has 6 nitrogen and oxygen atoms in total. The van der Waals surface area contributed by atoms with E-state index in [-0.39, 0.29) is 18.3 Å². The molecule has 0 unspecified atom stereocenters. The minimum absolute atomic E-state index is 0.0327. The molecule has 108 valence electrons. The van der Waals surface area contributed by atoms with Crippen LogP contribution in [0.1, 0.15) is 23.0 Å². The molecule has 1 aromatic carbocycles. The van der Waals surface area contributed by atoms with E-state index in [1.54, 1.807) is 25.1 Å². The Labute approximate surface area is 120 Å². The molecule has 1 aliphatic heterocycles. The fourth-order valence-corrected chi connectivity index (χ4v) is 2.29. The van der Waals surface area contributed by atoms with Crippen LogP contribution >= 0.6 is 0 Å². The molecule has 0 atom stereocenters. The number of nitrogens with one attached hydrogen (secondary N) is 1. The van der Waals surface area contributed by atoms with Crippen molar-refractivity contribution in [1.82, 2.24) is 0 Å². The Morgan fingerprint density at radius 1 is 1.33 bits per heavy atom. The maximum Gasteiger partial charge on any atom is 0.376 e. The van der Waals surface area contributed by atoms with Crippen LogP contribution < -0.4 is 10.1 Å². The summed E-state index contributed by atoms with van der Waals surface area (Å²) >= 11 is 0. The molecule has 1 aromatic heterocycles. The Morgan fingerprint density at radius 3 is 2.86 bits per heavy atom. The lowest BCUT2D eigenvalue weighted by atomic mass is 10.1. The summed E-state index contributed by atoms with van der Waals surface area (Å²) in [5, 5.41) is 3.27. The van der Waals surface area contributed by atoms with Crippen molar-refractivity contribution in [3.05, 3.63) is 29.5 Å². The normalized spacial score (nSPS) is 13.0. The van der Waals surface area contributed by atoms with Crippen molar-refractivity contribution >= 4 is 34.6 Å². The van der Waals surface area contributed by atoms with Crippen molar-refractivity contribution in [2.24, 2.45) is 0 Å². The number of methoxy groups -OCH3 is 1. The predicted molar refractivity (Wildman–Crippen MR) is 76.4 cm³/mol. The van der Waals surface area contributed by atoms with E-state index in [0.717, 1.165) is 5.56 Å². The van der Waals surface area contributed by atoms with E-state index in [1.165, 1.54) is 13.2 Å². The van der Waals surface area contributed by atoms with Gasteiger partial charge in [-0.1, -0.05) is 6.07 Å². The lowest BCUT2D eigenvalue weighted by Gasteiger charge is -2.03. The van der Waals surface area contributed by atoms with Crippen LogP contribution in [-0.2, 0) is 9.53 Å². The Hall–Kier alpha value is -2.76. The van der Waals surface area contributed by atoms with Crippen LogP contribution in [0.25, 0.3) is 17.0 Å². The quantitative estimate of drug-likeness (QED) is 0.878. The molecule has 0 saturated carbocycles. The number of anilines is 1. The number of carbonyl (C=O) groups is 2. The van der Waals surface area contributed by atoms with Crippen molar-refractivity contribution in [2.45, 2.75) is 6.92 Å². The van der Waals surface area contributed by atoms with E-state index in [4.69, 9.17) is 13.9 Å². The lowest BCUT2D eigenvalue weighted by Crippen LogP contribution is -2.11. The SMILES string of the molecule is CCOC(=O)c1oc2c(OC)ccc3c2c1NC(=O)C=C3. The summed E-state index contributed by atoms with van der Waals surface area (Å²) < 4.78 is 15.8. The zero-order valence-corrected chi connectivity index (χ0v) is 11.6. The van der Waals surface area contributed by atoms with E-state index >= 15 is 0 Å². The highest BCUT2D eigenvalue weighted by Crippen LogP contribution is 2.40. The molecule has 3 rings (SSSR count). The van der Waals surface area contributed by atoms with Gasteiger partial charge >= 0.3 is 5.97 Å². The molecule has 1 aliphatic rings. The van der Waals surface area contributed by atoms with Crippen molar-refractivity contribution in [3.8, 4) is 5.75 Å². The van der Waals surface area contributed by atoms with E-state index < -0.39 is 5.97 Å². The summed E-state index contributed by atoms with van der Waals surface area (Å²) in [4.78, 5) is 23.8. The molecule has 6 heteroatoms. The second-order valence-corrected chi connectivity index (χ2v) is 4.41. The van der Waals surface area contributed by atoms with Gasteiger partial charge in [0, 0.05) is 6.08 Å². The Morgan fingerprint density at radius 2 is 2.14 bits per heavy atom. The minimum atomic E-state index is -0.626. The maximum absolute atomic E-state index is 12.0. The monoisotopic (exact) mass is 287 g/mol. The first-order chi connectivity index (χ1) is 10.2. The molecular formula is C15H13NO5. The fraction of sp³-hybridized carbons (Fsp3) is 0.200. The summed E-state index contributed by atoms with van der Waals surface area (Å²) in [6.45, 7) is 1.91. The van der Waals surface area contributed by atoms with Crippen LogP contribution in [0, 0.1) is 0 Å². The maximum atomic E-state index is 12.0. The molecule has 0 bridgehead atoms. The average Bonchev–Trinajstić information content (AvgIpc) is 2.76. The van der Waals surface area contributed by atoms with Gasteiger partial charge in [0.2, 0.25) is 11.7 Å². The van der Waals surface area contributed by atoms with Crippen LogP contribution in [0.2, 0.25) is 0 Å². The highest BCUT2D eigenvalue weighted by atomic mass is 16.5. The first kappa shape index (κ1) is 13.2. The number of ether oxygens (including phenoxy) is 2. The third kappa shape index (κ3) is 2.05. The van der Waals surface area contributed by atoms with Gasteiger partial charge in [0.1, 0.15) is 5.69 Å². The smallest absolute Gasteiger partial charge is 0.376 e. The average molecular weight is 287 g/mol. The third-order valence-corrected chi connectivity index (χ3v) is 3.18. The van der Waals surface area contributed by atoms with Gasteiger partial charge in [-0.25, -0.2) is 4.79 Å². The first-order valence-corrected chi connectivity index (χ1v) is 6.45. The number of carbonyl (C=O) groups excluding carboxylic acids is 2. The number of hydrogen-bond donors (Lipinski definition) is 1. The van der Waals surface area contributed by atoms with E-state index in [9.17, 15) is 9.59 Å². The molecule has 0 spiro atoms. The van der Waals surface area contributed by atoms with Crippen LogP contribution in [0.5, 0.6) is 5.75 Å². The standard InChI is InChI=1S/C15H13NO5/c1-3-20-15(18)14-12-11-8(5-7-10(17)16-12)4-6-9(19-2)13(11)21-14/h4-7H,3H2,1-2H3,(H,16,17). The van der Waals surface area contributed by atoms with E-state index in [1.807, 2.05) is 0 Å². The Bertz CT molecular complexity index is 772. The fourth-order valence-electron chi connectivity index (χ4n) is 2.29. The topological polar surface area (TPSA) is 77.8 Å². The van der Waals surface area contributed by atoms with Crippen LogP contribution in [-0.4, -0.2) is 25.6 Å². The number of amides is 1. The third-order valence-electron chi connectivity index (χ3n) is 3.18. The first-order valence-electron chi connectivity index (χ1n) is 6.45. The minimum Gasteiger partial charge on any atom is -0.493 e. The number of benzene rings is 1. The molecule has 0 fully saturated rings. The molecule has 0 aliphatic carbocycles. The number of hydrogen-bond acceptors (Lipinski definition) is 5. The van der Waals surface area contributed by atoms with Gasteiger partial charge in [0.05, 0.1) is 19.1 Å². The molecule has 0 radical (unpaired) electrons. The van der Waals surface area contributed by atoms with Gasteiger partial charge in [0.15, 0.2) is 11.3 Å². The van der Waals surface area contributed by atoms with Crippen molar-refractivity contribution in [1.29, 1.82) is 0 Å². The summed E-state index contributed by atoms with van der Waals surface area (Å²) in [5.41, 5.74) is 1.48. The zero-order chi connectivity index (χ0) is 15.0. The van der Waals surface area contributed by atoms with Crippen molar-refractivity contribution in [2.75, 3.05) is 19.0 Å². The molecule has 2 aromatic rings. The second kappa shape index (κ2) is 4.97. The zero-order valence-electron chi connectivity index (χ0n) is 11.6. The lowest BCUT2D eigenvalue weighted by molar-refractivity contribution is -0.111. The van der Waals surface area contributed by atoms with Crippen molar-refractivity contribution in [3.63, 3.8) is 0 Å². The molecule has 2 heterocycles. The Balaban J connectivity index is 2.32. The Kier molecular flexibility index (Phi) is 3.13. The van der Waals surface area contributed by atoms with Gasteiger partial charge in [-0.2, -0.15) is 0 Å².